The number of hydrogen-bond acceptors (Lipinski definition) is 41. The molecule has 24 N–H and O–H groups in total. The predicted octanol–water partition coefficient (Wildman–Crippen LogP) is -16.7. The van der Waals surface area contributed by atoms with Gasteiger partial charge in [0.2, 0.25) is 18.1 Å². The average molecular weight is 1420 g/mol. The molecule has 0 spiro atoms. The maximum atomic E-state index is 12.8. The lowest BCUT2D eigenvalue weighted by Crippen LogP contribution is -2.70. The van der Waals surface area contributed by atoms with Crippen LogP contribution < -0.4 is 10.6 Å². The summed E-state index contributed by atoms with van der Waals surface area (Å²) in [5.74, 6) is -1.72. The van der Waals surface area contributed by atoms with Crippen molar-refractivity contribution in [2.45, 2.75) is 266 Å². The third-order valence-corrected chi connectivity index (χ3v) is 18.0. The van der Waals surface area contributed by atoms with Crippen LogP contribution in [-0.4, -0.2) is 428 Å². The summed E-state index contributed by atoms with van der Waals surface area (Å²) in [5.41, 5.74) is 0. The van der Waals surface area contributed by atoms with Gasteiger partial charge in [-0.05, 0) is 0 Å². The van der Waals surface area contributed by atoms with Gasteiger partial charge in [-0.1, -0.05) is 0 Å². The van der Waals surface area contributed by atoms with Crippen LogP contribution in [0.3, 0.4) is 0 Å². The van der Waals surface area contributed by atoms with Crippen molar-refractivity contribution in [3.8, 4) is 0 Å². The molecule has 9 rings (SSSR count). The van der Waals surface area contributed by atoms with Gasteiger partial charge < -0.3 is 199 Å². The molecule has 0 aromatic rings. The molecule has 0 bridgehead atoms. The molecule has 0 aromatic heterocycles. The summed E-state index contributed by atoms with van der Waals surface area (Å²) in [6.07, 6.45) is -72.4. The first-order chi connectivity index (χ1) is 46.0. The van der Waals surface area contributed by atoms with Crippen molar-refractivity contribution in [2.24, 2.45) is 4.99 Å². The zero-order valence-electron chi connectivity index (χ0n) is 51.9. The lowest BCUT2D eigenvalue weighted by molar-refractivity contribution is -0.397. The van der Waals surface area contributed by atoms with Gasteiger partial charge in [0.15, 0.2) is 49.9 Å². The summed E-state index contributed by atoms with van der Waals surface area (Å²) in [6, 6.07) is -4.91. The third kappa shape index (κ3) is 16.5. The summed E-state index contributed by atoms with van der Waals surface area (Å²) < 4.78 is 94.2. The highest BCUT2D eigenvalue weighted by Gasteiger charge is 2.60. The summed E-state index contributed by atoms with van der Waals surface area (Å²) in [7, 11) is 0. The fourth-order valence-electron chi connectivity index (χ4n) is 12.8. The molecule has 0 aromatic carbocycles. The van der Waals surface area contributed by atoms with Gasteiger partial charge >= 0.3 is 0 Å². The molecule has 43 nitrogen and oxygen atoms in total. The molecule has 0 radical (unpaired) electrons. The van der Waals surface area contributed by atoms with Crippen LogP contribution in [-0.2, 0) is 85.4 Å². The van der Waals surface area contributed by atoms with E-state index in [1.807, 2.05) is 0 Å². The Hall–Kier alpha value is -3.07. The molecule has 8 saturated heterocycles. The van der Waals surface area contributed by atoms with Crippen molar-refractivity contribution >= 4 is 17.7 Å². The van der Waals surface area contributed by atoms with Crippen LogP contribution in [0.2, 0.25) is 0 Å². The molecule has 0 saturated carbocycles. The predicted molar refractivity (Wildman–Crippen MR) is 297 cm³/mol. The zero-order valence-corrected chi connectivity index (χ0v) is 51.9. The largest absolute Gasteiger partial charge is 0.450 e. The fourth-order valence-corrected chi connectivity index (χ4v) is 12.8. The highest BCUT2D eigenvalue weighted by Crippen LogP contribution is 2.40. The Bertz CT molecular complexity index is 2540. The van der Waals surface area contributed by atoms with Gasteiger partial charge in [0, 0.05) is 20.8 Å². The summed E-state index contributed by atoms with van der Waals surface area (Å²) in [5, 5.41) is 246. The van der Waals surface area contributed by atoms with E-state index in [9.17, 15) is 122 Å². The normalized spacial score (nSPS) is 50.4. The monoisotopic (exact) mass is 1420 g/mol. The second-order valence-corrected chi connectivity index (χ2v) is 24.6. The Labute approximate surface area is 549 Å². The number of fused-ring (bicyclic) bond motifs is 1. The van der Waals surface area contributed by atoms with Crippen LogP contribution in [0, 0.1) is 0 Å². The zero-order chi connectivity index (χ0) is 70.9. The Kier molecular flexibility index (Phi) is 27.0. The van der Waals surface area contributed by atoms with E-state index in [1.165, 1.54) is 6.92 Å². The number of rotatable bonds is 24. The topological polar surface area (TPSA) is 663 Å². The van der Waals surface area contributed by atoms with Crippen LogP contribution in [0.25, 0.3) is 0 Å². The van der Waals surface area contributed by atoms with Crippen molar-refractivity contribution in [1.82, 2.24) is 10.6 Å². The van der Waals surface area contributed by atoms with Gasteiger partial charge in [0.1, 0.15) is 195 Å². The number of nitrogens with zero attached hydrogens (tertiary/aromatic N) is 1. The number of aliphatic hydroxyl groups excluding tert-OH is 22. The molecule has 0 unspecified atom stereocenters. The van der Waals surface area contributed by atoms with Gasteiger partial charge in [-0.2, -0.15) is 0 Å². The van der Waals surface area contributed by atoms with E-state index in [0.29, 0.717) is 0 Å². The minimum Gasteiger partial charge on any atom is -0.450 e. The molecular formula is C54H89N3O40. The van der Waals surface area contributed by atoms with Crippen molar-refractivity contribution in [3.63, 3.8) is 0 Å². The number of carbonyl (C=O) groups is 2. The van der Waals surface area contributed by atoms with Gasteiger partial charge in [0.05, 0.1) is 52.9 Å². The Morgan fingerprint density at radius 1 is 0.340 bits per heavy atom. The summed E-state index contributed by atoms with van der Waals surface area (Å²) >= 11 is 0. The van der Waals surface area contributed by atoms with E-state index in [1.54, 1.807) is 0 Å². The van der Waals surface area contributed by atoms with Crippen LogP contribution >= 0.6 is 0 Å². The smallest absolute Gasteiger partial charge is 0.227 e. The third-order valence-electron chi connectivity index (χ3n) is 18.0. The molecule has 560 valence electrons. The van der Waals surface area contributed by atoms with Gasteiger partial charge in [0.25, 0.3) is 0 Å². The molecular weight excluding hydrogens is 1330 g/mol. The number of hydrogen-bond donors (Lipinski definition) is 24. The molecule has 9 aliphatic rings. The van der Waals surface area contributed by atoms with E-state index in [4.69, 9.17) is 75.8 Å². The Morgan fingerprint density at radius 3 is 1.09 bits per heavy atom. The highest BCUT2D eigenvalue weighted by atomic mass is 16.8. The minimum atomic E-state index is -2.35. The van der Waals surface area contributed by atoms with Crippen molar-refractivity contribution in [1.29, 1.82) is 0 Å². The number of nitrogens with one attached hydrogen (secondary N) is 2. The van der Waals surface area contributed by atoms with Crippen molar-refractivity contribution in [3.05, 3.63) is 0 Å². The molecule has 40 atom stereocenters. The molecule has 0 aliphatic carbocycles. The number of amides is 2. The maximum Gasteiger partial charge on any atom is 0.227 e. The van der Waals surface area contributed by atoms with Crippen LogP contribution in [0.15, 0.2) is 4.99 Å². The highest BCUT2D eigenvalue weighted by molar-refractivity contribution is 5.75. The fraction of sp³-hybridized carbons (Fsp3) is 0.944. The van der Waals surface area contributed by atoms with Gasteiger partial charge in [-0.25, -0.2) is 4.99 Å². The van der Waals surface area contributed by atoms with Crippen molar-refractivity contribution in [2.75, 3.05) is 52.9 Å². The Balaban J connectivity index is 1.01. The summed E-state index contributed by atoms with van der Waals surface area (Å²) in [4.78, 5) is 29.8. The first-order valence-corrected chi connectivity index (χ1v) is 31.1. The van der Waals surface area contributed by atoms with Gasteiger partial charge in [-0.15, -0.1) is 0 Å². The minimum absolute atomic E-state index is 0.0555. The van der Waals surface area contributed by atoms with Crippen LogP contribution in [0.4, 0.5) is 0 Å². The molecule has 8 fully saturated rings. The van der Waals surface area contributed by atoms with Crippen LogP contribution in [0.5, 0.6) is 0 Å². The van der Waals surface area contributed by atoms with E-state index >= 15 is 0 Å². The van der Waals surface area contributed by atoms with E-state index in [-0.39, 0.29) is 5.90 Å². The summed E-state index contributed by atoms with van der Waals surface area (Å²) in [6.45, 7) is -4.65. The number of carbonyl (C=O) groups excluding carboxylic acids is 2. The Morgan fingerprint density at radius 2 is 0.670 bits per heavy atom. The molecule has 9 aliphatic heterocycles. The van der Waals surface area contributed by atoms with Gasteiger partial charge in [-0.3, -0.25) is 9.59 Å². The van der Waals surface area contributed by atoms with E-state index in [0.717, 1.165) is 13.8 Å². The number of aliphatic hydroxyl groups is 22. The second kappa shape index (κ2) is 33.6. The first kappa shape index (κ1) is 78.1. The lowest BCUT2D eigenvalue weighted by Gasteiger charge is -2.50. The van der Waals surface area contributed by atoms with Crippen LogP contribution in [0.1, 0.15) is 20.8 Å². The molecule has 2 amide bonds. The van der Waals surface area contributed by atoms with E-state index < -0.39 is 310 Å². The standard InChI is InChI=1S/C54H89N3O40/c1-12(65)55-23-31(72)41(92-50-38(79)34(75)26(67)15(4-58)84-50)20(9-63)89-48(23)96-45-36(77)28(69)17(6-60)86-53(45)82-11-22-30(71)44(40(81)52(91-22)94-43-19(8-62)88-47-25(33(43)74)57-14(3)83-47)95-54-46(37(78)29(70)18(7-61)87-54)97-49-24(56-13(2)66)32(73)42(21(10-64)90-49)93-51-39(80)35(76)27(68)16(5-59)85-51/h15-54,58-64,67-81H,4-11H2,1-3H3,(H,55,65)(H,56,66)/t15-,16-,17-,18-,19-,20-,21-,22-,23-,24-,25-,26+,27+,28-,29-,30-,31-,32-,33-,34+,35+,36+,37+,38-,39-,40+,41-,42-,43-,44+,45+,46+,47-,48+,49+,50+,51+,52+,53+,54-/m1/s1. The molecule has 97 heavy (non-hydrogen) atoms. The SMILES string of the molecule is CC(=O)N[C@H]1[C@H](O[C@@H]2[C@@H](OC[C@H]3O[C@@H](O[C@H]4[C@H](O)[C@H]5N=C(C)O[C@@H]5O[C@@H]4CO)[C@@H](O)[C@@H](O[C@H]4O[C@H](CO)[C@@H](O)[C@H](O)[C@@H]4O[C@@H]4O[C@H](CO)[C@@H](O[C@@H]5O[C@H](CO)[C@H](O)[C@H](O)[C@H]5O)[C@H](O)[C@H]4NC(C)=O)[C@@H]3O)O[C@H](CO)[C@@H](O)[C@@H]2O)O[C@H](CO)[C@@H](O[C@@H]2O[C@H](CO)[C@H](O)[C@H](O)[C@H]2O)[C@@H]1O. The molecule has 43 heteroatoms. The first-order valence-electron chi connectivity index (χ1n) is 31.1. The number of ether oxygens (including phenoxy) is 16. The lowest BCUT2D eigenvalue weighted by atomic mass is 9.94. The molecule has 9 heterocycles. The quantitative estimate of drug-likeness (QED) is 0.0427. The number of aliphatic imine (C=N–C) groups is 1. The average Bonchev–Trinajstić information content (AvgIpc) is 1.31. The second-order valence-electron chi connectivity index (χ2n) is 24.6. The maximum absolute atomic E-state index is 12.8. The van der Waals surface area contributed by atoms with E-state index in [2.05, 4.69) is 15.6 Å². The van der Waals surface area contributed by atoms with Crippen molar-refractivity contribution < 1.29 is 198 Å².